The average molecular weight is 364 g/mol. The molecule has 1 rings (SSSR count). The molecule has 0 aliphatic carbocycles. The predicted octanol–water partition coefficient (Wildman–Crippen LogP) is 1.47. The quantitative estimate of drug-likeness (QED) is 0.763. The molecule has 0 aromatic heterocycles. The Kier molecular flexibility index (Phi) is 3.74. The second-order valence-corrected chi connectivity index (χ2v) is 8.11. The van der Waals surface area contributed by atoms with Gasteiger partial charge in [-0.1, -0.05) is 0 Å². The maximum atomic E-state index is 10.6. The summed E-state index contributed by atoms with van der Waals surface area (Å²) in [6.07, 6.45) is 2.79. The van der Waals surface area contributed by atoms with E-state index in [0.29, 0.717) is 0 Å². The Balaban J connectivity index is 2.61. The van der Waals surface area contributed by atoms with Gasteiger partial charge >= 0.3 is 88.2 Å². The summed E-state index contributed by atoms with van der Waals surface area (Å²) in [5.74, 6) is 0. The van der Waals surface area contributed by atoms with E-state index in [1.54, 1.807) is 6.08 Å². The van der Waals surface area contributed by atoms with Crippen molar-refractivity contribution in [3.05, 3.63) is 42.2 Å². The van der Waals surface area contributed by atoms with Crippen LogP contribution < -0.4 is 0 Å². The van der Waals surface area contributed by atoms with Crippen molar-refractivity contribution >= 4 is 13.7 Å². The Bertz CT molecular complexity index is 383. The molecule has 0 aliphatic rings. The fraction of sp³-hybridized carbons (Fsp3) is 0. The van der Waals surface area contributed by atoms with Crippen molar-refractivity contribution in [1.82, 2.24) is 0 Å². The molecule has 0 radical (unpaired) electrons. The van der Waals surface area contributed by atoms with Crippen molar-refractivity contribution in [2.24, 2.45) is 0 Å². The van der Waals surface area contributed by atoms with Gasteiger partial charge in [-0.15, -0.1) is 0 Å². The number of benzene rings is 1. The van der Waals surface area contributed by atoms with E-state index in [1.165, 1.54) is 6.26 Å². The molecule has 0 amide bonds. The summed E-state index contributed by atoms with van der Waals surface area (Å²) in [5.41, 5.74) is 0.907. The molecule has 0 saturated carbocycles. The van der Waals surface area contributed by atoms with Crippen molar-refractivity contribution in [2.45, 2.75) is 0 Å². The van der Waals surface area contributed by atoms with E-state index < -0.39 is 7.58 Å². The van der Waals surface area contributed by atoms with Crippen molar-refractivity contribution < 1.29 is 32.3 Å². The Morgan fingerprint density at radius 1 is 1.23 bits per heavy atom. The van der Waals surface area contributed by atoms with Crippen molar-refractivity contribution in [2.75, 3.05) is 0 Å². The average Bonchev–Trinajstić information content (AvgIpc) is 2.04. The molecule has 13 heavy (non-hydrogen) atoms. The fourth-order valence-corrected chi connectivity index (χ4v) is 1.47. The molecule has 0 saturated heterocycles. The van der Waals surface area contributed by atoms with Gasteiger partial charge in [-0.3, -0.25) is 0 Å². The van der Waals surface area contributed by atoms with Gasteiger partial charge < -0.3 is 0 Å². The van der Waals surface area contributed by atoms with Crippen LogP contribution >= 0.6 is 0 Å². The first kappa shape index (κ1) is 10.5. The first-order valence-corrected chi connectivity index (χ1v) is 8.75. The number of rotatable bonds is 3. The first-order chi connectivity index (χ1) is 6.08. The summed E-state index contributed by atoms with van der Waals surface area (Å²) in [6, 6.07) is 9.34. The Labute approximate surface area is 88.0 Å². The van der Waals surface area contributed by atoms with Crippen LogP contribution in [0.4, 0.5) is 0 Å². The van der Waals surface area contributed by atoms with Crippen molar-refractivity contribution in [1.29, 1.82) is 0 Å². The molecule has 0 heterocycles. The monoisotopic (exact) mass is 364 g/mol. The Hall–Kier alpha value is -0.550. The molecule has 0 aliphatic heterocycles. The summed E-state index contributed by atoms with van der Waals surface area (Å²) in [6.45, 7) is 0. The van der Waals surface area contributed by atoms with Crippen molar-refractivity contribution in [3.63, 3.8) is 0 Å². The van der Waals surface area contributed by atoms with Gasteiger partial charge in [0, 0.05) is 0 Å². The predicted molar refractivity (Wildman–Crippen MR) is 45.5 cm³/mol. The van der Waals surface area contributed by atoms with Crippen LogP contribution in [0.25, 0.3) is 6.08 Å². The van der Waals surface area contributed by atoms with Gasteiger partial charge in [0.1, 0.15) is 0 Å². The normalized spacial score (nSPS) is 11.7. The van der Waals surface area contributed by atoms with Gasteiger partial charge in [0.25, 0.3) is 0 Å². The second kappa shape index (κ2) is 4.62. The van der Waals surface area contributed by atoms with E-state index in [2.05, 4.69) is 4.18 Å². The van der Waals surface area contributed by atoms with Crippen LogP contribution in [0.1, 0.15) is 5.56 Å². The molecule has 0 fully saturated rings. The first-order valence-electron chi connectivity index (χ1n) is 3.45. The molecule has 68 valence electrons. The summed E-state index contributed by atoms with van der Waals surface area (Å²) >= 11 is 0.203. The molecule has 1 aromatic carbocycles. The molecule has 3 nitrogen and oxygen atoms in total. The minimum absolute atomic E-state index is 0.203. The minimum atomic E-state index is -3.27. The van der Waals surface area contributed by atoms with E-state index in [4.69, 9.17) is 0 Å². The van der Waals surface area contributed by atoms with Gasteiger partial charge in [0.15, 0.2) is 0 Å². The third-order valence-corrected chi connectivity index (χ3v) is 2.52. The van der Waals surface area contributed by atoms with Gasteiger partial charge in [0.2, 0.25) is 0 Å². The SMILES string of the molecule is O=[S](=O)([Ta])OC=Cc1ccccc1. The van der Waals surface area contributed by atoms with Crippen LogP contribution in [0, 0.1) is 0 Å². The molecule has 0 unspecified atom stereocenters. The van der Waals surface area contributed by atoms with Gasteiger partial charge in [-0.25, -0.2) is 0 Å². The Morgan fingerprint density at radius 2 is 1.85 bits per heavy atom. The van der Waals surface area contributed by atoms with Gasteiger partial charge in [0.05, 0.1) is 0 Å². The van der Waals surface area contributed by atoms with E-state index >= 15 is 0 Å². The number of hydrogen-bond donors (Lipinski definition) is 0. The summed E-state index contributed by atoms with van der Waals surface area (Å²) < 4.78 is 25.7. The summed E-state index contributed by atoms with van der Waals surface area (Å²) in [7, 11) is -3.27. The molecule has 5 heteroatoms. The maximum absolute atomic E-state index is 10.6. The van der Waals surface area contributed by atoms with Gasteiger partial charge in [-0.05, 0) is 0 Å². The zero-order valence-corrected chi connectivity index (χ0v) is 10.7. The fourth-order valence-electron chi connectivity index (χ4n) is 0.741. The molecule has 1 aromatic rings. The van der Waals surface area contributed by atoms with Crippen LogP contribution in [0.5, 0.6) is 0 Å². The topological polar surface area (TPSA) is 43.4 Å². The van der Waals surface area contributed by atoms with E-state index in [-0.39, 0.29) is 19.7 Å². The molecule has 0 atom stereocenters. The molecular weight excluding hydrogens is 357 g/mol. The van der Waals surface area contributed by atoms with Crippen LogP contribution in [-0.4, -0.2) is 8.42 Å². The van der Waals surface area contributed by atoms with Gasteiger partial charge in [-0.2, -0.15) is 0 Å². The van der Waals surface area contributed by atoms with Crippen molar-refractivity contribution in [3.8, 4) is 0 Å². The summed E-state index contributed by atoms with van der Waals surface area (Å²) in [5, 5.41) is 0. The van der Waals surface area contributed by atoms with Crippen LogP contribution in [0.15, 0.2) is 36.6 Å². The molecule has 0 bridgehead atoms. The van der Waals surface area contributed by atoms with E-state index in [1.807, 2.05) is 30.3 Å². The standard InChI is InChI=1S/C8H7O3S.Ta/c9-12(10)11-7-6-8-4-2-1-3-5-8;/h1-7H;. The summed E-state index contributed by atoms with van der Waals surface area (Å²) in [4.78, 5) is 0. The Morgan fingerprint density at radius 3 is 2.38 bits per heavy atom. The van der Waals surface area contributed by atoms with Crippen LogP contribution in [0.3, 0.4) is 0 Å². The van der Waals surface area contributed by atoms with E-state index in [9.17, 15) is 8.42 Å². The molecule has 0 spiro atoms. The third kappa shape index (κ3) is 4.90. The van der Waals surface area contributed by atoms with Crippen LogP contribution in [0.2, 0.25) is 0 Å². The molecule has 0 N–H and O–H groups in total. The second-order valence-electron chi connectivity index (χ2n) is 2.24. The molecular formula is C8H7O3STa. The van der Waals surface area contributed by atoms with Crippen LogP contribution in [-0.2, 0) is 31.5 Å². The zero-order chi connectivity index (χ0) is 9.73. The third-order valence-electron chi connectivity index (χ3n) is 1.24. The number of hydrogen-bond acceptors (Lipinski definition) is 3. The van der Waals surface area contributed by atoms with E-state index in [0.717, 1.165) is 5.56 Å². The zero-order valence-electron chi connectivity index (χ0n) is 6.62.